The van der Waals surface area contributed by atoms with E-state index in [0.29, 0.717) is 18.9 Å². The number of carbonyl (C=O) groups excluding carboxylic acids is 1. The zero-order valence-corrected chi connectivity index (χ0v) is 10.6. The van der Waals surface area contributed by atoms with E-state index in [0.717, 1.165) is 19.3 Å². The van der Waals surface area contributed by atoms with Gasteiger partial charge in [-0.1, -0.05) is 13.3 Å². The zero-order valence-electron chi connectivity index (χ0n) is 10.6. The molecular weight excluding hydrogens is 236 g/mol. The Bertz CT molecular complexity index is 339. The fraction of sp³-hybridized carbons (Fsp3) is 0.833. The average molecular weight is 256 g/mol. The first kappa shape index (κ1) is 13.1. The Labute approximate surface area is 106 Å². The van der Waals surface area contributed by atoms with Crippen molar-refractivity contribution in [3.63, 3.8) is 0 Å². The van der Waals surface area contributed by atoms with Crippen LogP contribution in [-0.2, 0) is 9.53 Å². The highest BCUT2D eigenvalue weighted by Gasteiger charge is 2.45. The maximum atomic E-state index is 11.8. The molecule has 3 N–H and O–H groups in total. The van der Waals surface area contributed by atoms with Crippen molar-refractivity contribution < 1.29 is 19.4 Å². The summed E-state index contributed by atoms with van der Waals surface area (Å²) in [6.07, 6.45) is 3.53. The van der Waals surface area contributed by atoms with Gasteiger partial charge in [0.15, 0.2) is 5.54 Å². The molecule has 1 aliphatic carbocycles. The lowest BCUT2D eigenvalue weighted by Crippen LogP contribution is -2.58. The minimum Gasteiger partial charge on any atom is -0.479 e. The number of amides is 2. The minimum atomic E-state index is -1.25. The number of aliphatic carboxylic acids is 1. The van der Waals surface area contributed by atoms with Crippen molar-refractivity contribution in [1.29, 1.82) is 0 Å². The van der Waals surface area contributed by atoms with Crippen LogP contribution in [-0.4, -0.2) is 41.9 Å². The van der Waals surface area contributed by atoms with Gasteiger partial charge in [-0.25, -0.2) is 9.59 Å². The highest BCUT2D eigenvalue weighted by atomic mass is 16.5. The summed E-state index contributed by atoms with van der Waals surface area (Å²) in [6.45, 7) is 2.53. The lowest BCUT2D eigenvalue weighted by Gasteiger charge is -2.23. The predicted octanol–water partition coefficient (Wildman–Crippen LogP) is 0.718. The van der Waals surface area contributed by atoms with E-state index in [2.05, 4.69) is 17.6 Å². The van der Waals surface area contributed by atoms with E-state index in [-0.39, 0.29) is 12.6 Å². The SMILES string of the molecule is CCCC1CC1NC(=O)NC1(C(=O)O)CCOC1. The normalized spacial score (nSPS) is 34.1. The number of rotatable bonds is 5. The van der Waals surface area contributed by atoms with Gasteiger partial charge < -0.3 is 20.5 Å². The Morgan fingerprint density at radius 1 is 1.50 bits per heavy atom. The number of carbonyl (C=O) groups is 2. The first-order valence-electron chi connectivity index (χ1n) is 6.47. The van der Waals surface area contributed by atoms with Gasteiger partial charge in [0.05, 0.1) is 6.61 Å². The molecule has 1 aliphatic heterocycles. The molecule has 0 spiro atoms. The van der Waals surface area contributed by atoms with Gasteiger partial charge in [-0.05, 0) is 18.8 Å². The van der Waals surface area contributed by atoms with Crippen LogP contribution in [0.5, 0.6) is 0 Å². The van der Waals surface area contributed by atoms with Crippen LogP contribution in [0.15, 0.2) is 0 Å². The van der Waals surface area contributed by atoms with Crippen LogP contribution >= 0.6 is 0 Å². The molecule has 2 amide bonds. The standard InChI is InChI=1S/C12H20N2O4/c1-2-3-8-6-9(8)13-11(17)14-12(10(15)16)4-5-18-7-12/h8-9H,2-7H2,1H3,(H,15,16)(H2,13,14,17). The molecule has 0 aromatic heterocycles. The maximum Gasteiger partial charge on any atom is 0.332 e. The molecule has 1 saturated carbocycles. The van der Waals surface area contributed by atoms with Crippen LogP contribution in [0.4, 0.5) is 4.79 Å². The van der Waals surface area contributed by atoms with E-state index in [1.165, 1.54) is 0 Å². The Kier molecular flexibility index (Phi) is 3.75. The molecule has 3 unspecified atom stereocenters. The minimum absolute atomic E-state index is 0.0405. The van der Waals surface area contributed by atoms with Crippen molar-refractivity contribution >= 4 is 12.0 Å². The molecule has 6 nitrogen and oxygen atoms in total. The number of hydrogen-bond donors (Lipinski definition) is 3. The summed E-state index contributed by atoms with van der Waals surface area (Å²) in [4.78, 5) is 23.0. The second-order valence-corrected chi connectivity index (χ2v) is 5.18. The van der Waals surface area contributed by atoms with Crippen LogP contribution in [0, 0.1) is 5.92 Å². The van der Waals surface area contributed by atoms with Crippen LogP contribution < -0.4 is 10.6 Å². The summed E-state index contributed by atoms with van der Waals surface area (Å²) in [5, 5.41) is 14.6. The largest absolute Gasteiger partial charge is 0.479 e. The number of urea groups is 1. The molecular formula is C12H20N2O4. The fourth-order valence-corrected chi connectivity index (χ4v) is 2.42. The van der Waals surface area contributed by atoms with Crippen molar-refractivity contribution in [2.24, 2.45) is 5.92 Å². The van der Waals surface area contributed by atoms with Crippen molar-refractivity contribution in [3.8, 4) is 0 Å². The van der Waals surface area contributed by atoms with E-state index in [1.54, 1.807) is 0 Å². The Balaban J connectivity index is 1.82. The van der Waals surface area contributed by atoms with Crippen LogP contribution in [0.25, 0.3) is 0 Å². The summed E-state index contributed by atoms with van der Waals surface area (Å²) in [5.74, 6) is -0.475. The first-order chi connectivity index (χ1) is 8.57. The number of carboxylic acid groups (broad SMARTS) is 1. The molecule has 0 bridgehead atoms. The molecule has 6 heteroatoms. The molecule has 18 heavy (non-hydrogen) atoms. The molecule has 1 heterocycles. The summed E-state index contributed by atoms with van der Waals surface area (Å²) >= 11 is 0. The van der Waals surface area contributed by atoms with Crippen LogP contribution in [0.1, 0.15) is 32.6 Å². The zero-order chi connectivity index (χ0) is 13.2. The molecule has 2 aliphatic rings. The van der Waals surface area contributed by atoms with E-state index in [4.69, 9.17) is 4.74 Å². The monoisotopic (exact) mass is 256 g/mol. The van der Waals surface area contributed by atoms with Gasteiger partial charge in [0.1, 0.15) is 0 Å². The molecule has 2 rings (SSSR count). The highest BCUT2D eigenvalue weighted by molar-refractivity contribution is 5.86. The Hall–Kier alpha value is -1.30. The Morgan fingerprint density at radius 3 is 2.83 bits per heavy atom. The Morgan fingerprint density at radius 2 is 2.28 bits per heavy atom. The number of carboxylic acids is 1. The molecule has 2 fully saturated rings. The molecule has 3 atom stereocenters. The third kappa shape index (κ3) is 2.75. The van der Waals surface area contributed by atoms with E-state index in [9.17, 15) is 14.7 Å². The smallest absolute Gasteiger partial charge is 0.332 e. The van der Waals surface area contributed by atoms with Gasteiger partial charge >= 0.3 is 12.0 Å². The third-order valence-electron chi connectivity index (χ3n) is 3.68. The highest BCUT2D eigenvalue weighted by Crippen LogP contribution is 2.34. The van der Waals surface area contributed by atoms with Crippen LogP contribution in [0.3, 0.4) is 0 Å². The van der Waals surface area contributed by atoms with Crippen LogP contribution in [0.2, 0.25) is 0 Å². The van der Waals surface area contributed by atoms with Gasteiger partial charge in [-0.15, -0.1) is 0 Å². The number of nitrogens with one attached hydrogen (secondary N) is 2. The second-order valence-electron chi connectivity index (χ2n) is 5.18. The van der Waals surface area contributed by atoms with Gasteiger partial charge in [0, 0.05) is 19.1 Å². The van der Waals surface area contributed by atoms with Crippen molar-refractivity contribution in [3.05, 3.63) is 0 Å². The first-order valence-corrected chi connectivity index (χ1v) is 6.47. The second kappa shape index (κ2) is 5.14. The quantitative estimate of drug-likeness (QED) is 0.676. The summed E-state index contributed by atoms with van der Waals surface area (Å²) in [5.41, 5.74) is -1.25. The van der Waals surface area contributed by atoms with E-state index in [1.807, 2.05) is 0 Å². The predicted molar refractivity (Wildman–Crippen MR) is 64.3 cm³/mol. The topological polar surface area (TPSA) is 87.7 Å². The van der Waals surface area contributed by atoms with Gasteiger partial charge in [-0.2, -0.15) is 0 Å². The average Bonchev–Trinajstić information content (AvgIpc) is 2.85. The fourth-order valence-electron chi connectivity index (χ4n) is 2.42. The molecule has 1 saturated heterocycles. The molecule has 0 aromatic rings. The number of ether oxygens (including phenoxy) is 1. The van der Waals surface area contributed by atoms with Crippen molar-refractivity contribution in [2.75, 3.05) is 13.2 Å². The maximum absolute atomic E-state index is 11.8. The molecule has 102 valence electrons. The summed E-state index contributed by atoms with van der Waals surface area (Å²) in [6, 6.07) is -0.190. The number of hydrogen-bond acceptors (Lipinski definition) is 3. The molecule has 0 aromatic carbocycles. The lowest BCUT2D eigenvalue weighted by atomic mass is 9.99. The van der Waals surface area contributed by atoms with Gasteiger partial charge in [0.2, 0.25) is 0 Å². The van der Waals surface area contributed by atoms with Crippen molar-refractivity contribution in [1.82, 2.24) is 10.6 Å². The van der Waals surface area contributed by atoms with E-state index < -0.39 is 17.5 Å². The summed E-state index contributed by atoms with van der Waals surface area (Å²) < 4.78 is 5.08. The van der Waals surface area contributed by atoms with E-state index >= 15 is 0 Å². The molecule has 0 radical (unpaired) electrons. The third-order valence-corrected chi connectivity index (χ3v) is 3.68. The van der Waals surface area contributed by atoms with Gasteiger partial charge in [0.25, 0.3) is 0 Å². The lowest BCUT2D eigenvalue weighted by molar-refractivity contribution is -0.144. The van der Waals surface area contributed by atoms with Gasteiger partial charge in [-0.3, -0.25) is 0 Å². The summed E-state index contributed by atoms with van der Waals surface area (Å²) in [7, 11) is 0. The van der Waals surface area contributed by atoms with Crippen molar-refractivity contribution in [2.45, 2.75) is 44.2 Å².